The second-order valence-electron chi connectivity index (χ2n) is 2.53. The fraction of sp³-hybridized carbons (Fsp3) is 0.143. The van der Waals surface area contributed by atoms with Crippen molar-refractivity contribution in [1.29, 1.82) is 0 Å². The van der Waals surface area contributed by atoms with Crippen molar-refractivity contribution in [3.05, 3.63) is 28.5 Å². The molecule has 0 saturated heterocycles. The van der Waals surface area contributed by atoms with Crippen LogP contribution in [0.1, 0.15) is 16.1 Å². The van der Waals surface area contributed by atoms with Gasteiger partial charge in [0.2, 0.25) is 0 Å². The van der Waals surface area contributed by atoms with Crippen molar-refractivity contribution in [3.8, 4) is 0 Å². The van der Waals surface area contributed by atoms with E-state index in [1.54, 1.807) is 5.43 Å². The van der Waals surface area contributed by atoms with E-state index in [9.17, 15) is 18.0 Å². The molecule has 1 aromatic heterocycles. The lowest BCUT2D eigenvalue weighted by atomic mass is 10.2. The highest BCUT2D eigenvalue weighted by Crippen LogP contribution is 2.30. The average molecular weight is 240 g/mol. The molecule has 0 fully saturated rings. The Morgan fingerprint density at radius 1 is 1.53 bits per heavy atom. The monoisotopic (exact) mass is 239 g/mol. The Morgan fingerprint density at radius 3 is 2.53 bits per heavy atom. The Morgan fingerprint density at radius 2 is 2.13 bits per heavy atom. The van der Waals surface area contributed by atoms with Gasteiger partial charge >= 0.3 is 6.18 Å². The second kappa shape index (κ2) is 4.03. The van der Waals surface area contributed by atoms with Gasteiger partial charge in [-0.3, -0.25) is 10.2 Å². The zero-order chi connectivity index (χ0) is 11.6. The number of amides is 1. The first-order chi connectivity index (χ1) is 6.86. The number of nitrogens with one attached hydrogen (secondary N) is 1. The van der Waals surface area contributed by atoms with Gasteiger partial charge in [-0.2, -0.15) is 13.2 Å². The molecule has 0 atom stereocenters. The van der Waals surface area contributed by atoms with E-state index in [-0.39, 0.29) is 5.69 Å². The maximum Gasteiger partial charge on any atom is 0.417 e. The Kier molecular flexibility index (Phi) is 3.15. The number of rotatable bonds is 1. The van der Waals surface area contributed by atoms with Gasteiger partial charge in [-0.05, 0) is 6.07 Å². The first-order valence-electron chi connectivity index (χ1n) is 3.60. The molecule has 0 aliphatic rings. The fourth-order valence-corrected chi connectivity index (χ4v) is 1.08. The van der Waals surface area contributed by atoms with Crippen LogP contribution >= 0.6 is 11.6 Å². The number of hydrogen-bond donors (Lipinski definition) is 2. The van der Waals surface area contributed by atoms with E-state index in [4.69, 9.17) is 17.4 Å². The van der Waals surface area contributed by atoms with Crippen molar-refractivity contribution in [2.75, 3.05) is 0 Å². The summed E-state index contributed by atoms with van der Waals surface area (Å²) in [5.41, 5.74) is 0.332. The lowest BCUT2D eigenvalue weighted by molar-refractivity contribution is -0.137. The molecule has 1 amide bonds. The molecule has 0 aromatic carbocycles. The molecule has 0 unspecified atom stereocenters. The lowest BCUT2D eigenvalue weighted by Crippen LogP contribution is -2.31. The first kappa shape index (κ1) is 11.7. The third-order valence-corrected chi connectivity index (χ3v) is 1.80. The van der Waals surface area contributed by atoms with Crippen LogP contribution < -0.4 is 11.3 Å². The minimum Gasteiger partial charge on any atom is -0.289 e. The van der Waals surface area contributed by atoms with E-state index in [1.807, 2.05) is 0 Å². The third kappa shape index (κ3) is 2.57. The summed E-state index contributed by atoms with van der Waals surface area (Å²) in [7, 11) is 0. The number of aromatic nitrogens is 1. The predicted molar refractivity (Wildman–Crippen MR) is 45.9 cm³/mol. The molecule has 0 aliphatic heterocycles. The summed E-state index contributed by atoms with van der Waals surface area (Å²) in [6.07, 6.45) is -4.04. The van der Waals surface area contributed by atoms with Crippen molar-refractivity contribution in [3.63, 3.8) is 0 Å². The Bertz CT molecular complexity index is 394. The summed E-state index contributed by atoms with van der Waals surface area (Å²) in [5.74, 6) is 3.92. The molecule has 8 heteroatoms. The molecule has 1 rings (SSSR count). The maximum atomic E-state index is 12.2. The number of alkyl halides is 3. The number of carbonyl (C=O) groups excluding carboxylic acids is 1. The van der Waals surface area contributed by atoms with Crippen molar-refractivity contribution in [1.82, 2.24) is 10.4 Å². The van der Waals surface area contributed by atoms with E-state index in [0.29, 0.717) is 12.3 Å². The molecule has 82 valence electrons. The zero-order valence-electron chi connectivity index (χ0n) is 7.10. The van der Waals surface area contributed by atoms with Gasteiger partial charge in [-0.25, -0.2) is 10.8 Å². The summed E-state index contributed by atoms with van der Waals surface area (Å²) >= 11 is 5.43. The highest BCUT2D eigenvalue weighted by atomic mass is 35.5. The number of halogens is 4. The molecule has 0 spiro atoms. The van der Waals surface area contributed by atoms with Gasteiger partial charge in [-0.15, -0.1) is 0 Å². The van der Waals surface area contributed by atoms with Crippen LogP contribution in [0.25, 0.3) is 0 Å². The molecule has 1 aromatic rings. The molecule has 0 aliphatic carbocycles. The Labute approximate surface area is 87.2 Å². The van der Waals surface area contributed by atoms with E-state index in [2.05, 4.69) is 4.98 Å². The van der Waals surface area contributed by atoms with Crippen molar-refractivity contribution in [2.45, 2.75) is 6.18 Å². The summed E-state index contributed by atoms with van der Waals surface area (Å²) in [4.78, 5) is 14.2. The van der Waals surface area contributed by atoms with Crippen LogP contribution in [-0.4, -0.2) is 10.9 Å². The summed E-state index contributed by atoms with van der Waals surface area (Å²) in [6, 6.07) is 0.610. The van der Waals surface area contributed by atoms with Gasteiger partial charge in [0.1, 0.15) is 5.69 Å². The van der Waals surface area contributed by atoms with E-state index >= 15 is 0 Å². The van der Waals surface area contributed by atoms with Gasteiger partial charge in [0.25, 0.3) is 5.91 Å². The summed E-state index contributed by atoms with van der Waals surface area (Å²) in [5, 5.41) is -0.409. The molecular formula is C7H5ClF3N3O. The molecule has 0 saturated carbocycles. The Balaban J connectivity index is 3.15. The smallest absolute Gasteiger partial charge is 0.289 e. The van der Waals surface area contributed by atoms with Crippen molar-refractivity contribution >= 4 is 17.5 Å². The quantitative estimate of drug-likeness (QED) is 0.442. The molecular weight excluding hydrogens is 235 g/mol. The van der Waals surface area contributed by atoms with Gasteiger partial charge in [0.15, 0.2) is 0 Å². The van der Waals surface area contributed by atoms with Gasteiger partial charge < -0.3 is 0 Å². The fourth-order valence-electron chi connectivity index (χ4n) is 0.828. The van der Waals surface area contributed by atoms with Crippen LogP contribution in [0.4, 0.5) is 13.2 Å². The van der Waals surface area contributed by atoms with Crippen LogP contribution in [0.3, 0.4) is 0 Å². The van der Waals surface area contributed by atoms with Crippen LogP contribution in [-0.2, 0) is 6.18 Å². The number of nitrogen functional groups attached to an aromatic ring is 1. The highest BCUT2D eigenvalue weighted by molar-refractivity contribution is 6.33. The normalized spacial score (nSPS) is 11.3. The van der Waals surface area contributed by atoms with Crippen LogP contribution in [0.15, 0.2) is 12.3 Å². The SMILES string of the molecule is NNC(=O)c1ncc(C(F)(F)F)cc1Cl. The van der Waals surface area contributed by atoms with Crippen LogP contribution in [0.5, 0.6) is 0 Å². The predicted octanol–water partition coefficient (Wildman–Crippen LogP) is 1.36. The molecule has 0 radical (unpaired) electrons. The van der Waals surface area contributed by atoms with Crippen LogP contribution in [0, 0.1) is 0 Å². The summed E-state index contributed by atoms with van der Waals surface area (Å²) in [6.45, 7) is 0. The van der Waals surface area contributed by atoms with Crippen molar-refractivity contribution in [2.24, 2.45) is 5.84 Å². The minimum atomic E-state index is -4.55. The van der Waals surface area contributed by atoms with Gasteiger partial charge in [0.05, 0.1) is 10.6 Å². The standard InChI is InChI=1S/C7H5ClF3N3O/c8-4-1-3(7(9,10)11)2-13-5(4)6(15)14-12/h1-2H,12H2,(H,14,15). The molecule has 1 heterocycles. The number of hydrazine groups is 1. The second-order valence-corrected chi connectivity index (χ2v) is 2.93. The number of nitrogens with zero attached hydrogens (tertiary/aromatic N) is 1. The van der Waals surface area contributed by atoms with Gasteiger partial charge in [-0.1, -0.05) is 11.6 Å². The number of nitrogens with two attached hydrogens (primary N) is 1. The number of pyridine rings is 1. The van der Waals surface area contributed by atoms with Gasteiger partial charge in [0, 0.05) is 6.20 Å². The van der Waals surface area contributed by atoms with Crippen LogP contribution in [0.2, 0.25) is 5.02 Å². The largest absolute Gasteiger partial charge is 0.417 e. The maximum absolute atomic E-state index is 12.2. The topological polar surface area (TPSA) is 68.0 Å². The minimum absolute atomic E-state index is 0.354. The molecule has 0 bridgehead atoms. The molecule has 3 N–H and O–H groups in total. The van der Waals surface area contributed by atoms with Crippen molar-refractivity contribution < 1.29 is 18.0 Å². The molecule has 15 heavy (non-hydrogen) atoms. The molecule has 4 nitrogen and oxygen atoms in total. The highest BCUT2D eigenvalue weighted by Gasteiger charge is 2.32. The number of hydrogen-bond acceptors (Lipinski definition) is 3. The lowest BCUT2D eigenvalue weighted by Gasteiger charge is -2.07. The third-order valence-electron chi connectivity index (χ3n) is 1.51. The first-order valence-corrected chi connectivity index (χ1v) is 3.97. The van der Waals surface area contributed by atoms with E-state index < -0.39 is 22.7 Å². The average Bonchev–Trinajstić information content (AvgIpc) is 2.15. The van der Waals surface area contributed by atoms with E-state index in [1.165, 1.54) is 0 Å². The zero-order valence-corrected chi connectivity index (χ0v) is 7.86. The summed E-state index contributed by atoms with van der Waals surface area (Å²) < 4.78 is 36.5. The van der Waals surface area contributed by atoms with E-state index in [0.717, 1.165) is 0 Å². The number of carbonyl (C=O) groups is 1. The Hall–Kier alpha value is -1.34.